The monoisotopic (exact) mass is 226 g/mol. The second-order valence-electron chi connectivity index (χ2n) is 3.33. The average Bonchev–Trinajstić information content (AvgIpc) is 2.26. The lowest BCUT2D eigenvalue weighted by atomic mass is 9.99. The van der Waals surface area contributed by atoms with E-state index in [9.17, 15) is 9.90 Å². The maximum absolute atomic E-state index is 10.9. The minimum atomic E-state index is -0.994. The highest BCUT2D eigenvalue weighted by Crippen LogP contribution is 2.38. The fourth-order valence-electron chi connectivity index (χ4n) is 1.43. The molecule has 0 bridgehead atoms. The summed E-state index contributed by atoms with van der Waals surface area (Å²) in [5.74, 6) is -1.19. The number of aliphatic carboxylic acids is 1. The summed E-state index contributed by atoms with van der Waals surface area (Å²) in [6.07, 6.45) is 0. The van der Waals surface area contributed by atoms with E-state index in [0.717, 1.165) is 0 Å². The van der Waals surface area contributed by atoms with Gasteiger partial charge < -0.3 is 19.7 Å². The number of carboxylic acid groups (broad SMARTS) is 1. The first-order valence-corrected chi connectivity index (χ1v) is 4.69. The molecule has 1 rings (SSSR count). The minimum absolute atomic E-state index is 0.0549. The highest BCUT2D eigenvalue weighted by molar-refractivity contribution is 5.77. The van der Waals surface area contributed by atoms with Crippen LogP contribution in [0.25, 0.3) is 0 Å². The molecule has 2 N–H and O–H groups in total. The Morgan fingerprint density at radius 2 is 1.94 bits per heavy atom. The molecule has 1 atom stereocenters. The van der Waals surface area contributed by atoms with Crippen molar-refractivity contribution in [3.63, 3.8) is 0 Å². The zero-order valence-electron chi connectivity index (χ0n) is 9.35. The fourth-order valence-corrected chi connectivity index (χ4v) is 1.43. The number of hydrogen-bond acceptors (Lipinski definition) is 4. The summed E-state index contributed by atoms with van der Waals surface area (Å²) >= 11 is 0. The van der Waals surface area contributed by atoms with Crippen LogP contribution in [0.15, 0.2) is 12.1 Å². The van der Waals surface area contributed by atoms with Gasteiger partial charge in [-0.1, -0.05) is 0 Å². The summed E-state index contributed by atoms with van der Waals surface area (Å²) in [5, 5.41) is 18.4. The molecule has 0 amide bonds. The largest absolute Gasteiger partial charge is 0.508 e. The van der Waals surface area contributed by atoms with Crippen molar-refractivity contribution in [1.29, 1.82) is 0 Å². The Bertz CT molecular complexity index is 400. The lowest BCUT2D eigenvalue weighted by molar-refractivity contribution is -0.138. The summed E-state index contributed by atoms with van der Waals surface area (Å²) in [5.41, 5.74) is 0.381. The lowest BCUT2D eigenvalue weighted by Crippen LogP contribution is -2.09. The molecule has 0 saturated carbocycles. The van der Waals surface area contributed by atoms with E-state index in [-0.39, 0.29) is 5.75 Å². The minimum Gasteiger partial charge on any atom is -0.508 e. The Morgan fingerprint density at radius 3 is 2.38 bits per heavy atom. The molecule has 0 aromatic heterocycles. The summed E-state index contributed by atoms with van der Waals surface area (Å²) in [4.78, 5) is 10.9. The fraction of sp³-hybridized carbons (Fsp3) is 0.364. The number of carboxylic acids is 1. The molecule has 0 heterocycles. The van der Waals surface area contributed by atoms with Crippen LogP contribution >= 0.6 is 0 Å². The highest BCUT2D eigenvalue weighted by Gasteiger charge is 2.22. The maximum Gasteiger partial charge on any atom is 0.310 e. The van der Waals surface area contributed by atoms with Crippen LogP contribution in [0, 0.1) is 0 Å². The number of benzene rings is 1. The third kappa shape index (κ3) is 2.18. The van der Waals surface area contributed by atoms with Crippen molar-refractivity contribution in [2.75, 3.05) is 14.2 Å². The molecule has 1 aromatic carbocycles. The van der Waals surface area contributed by atoms with Gasteiger partial charge in [0.1, 0.15) is 5.75 Å². The van der Waals surface area contributed by atoms with Gasteiger partial charge in [0.05, 0.1) is 20.1 Å². The van der Waals surface area contributed by atoms with Crippen LogP contribution in [0.4, 0.5) is 0 Å². The third-order valence-electron chi connectivity index (χ3n) is 2.33. The number of phenolic OH excluding ortho intramolecular Hbond substituents is 1. The SMILES string of the molecule is COc1cc(O)cc(C(C)C(=O)O)c1OC. The van der Waals surface area contributed by atoms with Crippen LogP contribution in [-0.4, -0.2) is 30.4 Å². The molecule has 0 aliphatic rings. The third-order valence-corrected chi connectivity index (χ3v) is 2.33. The van der Waals surface area contributed by atoms with E-state index in [1.807, 2.05) is 0 Å². The lowest BCUT2D eigenvalue weighted by Gasteiger charge is -2.15. The molecule has 5 nitrogen and oxygen atoms in total. The molecule has 0 spiro atoms. The first-order valence-electron chi connectivity index (χ1n) is 4.69. The maximum atomic E-state index is 10.9. The zero-order valence-corrected chi connectivity index (χ0v) is 9.35. The van der Waals surface area contributed by atoms with Crippen molar-refractivity contribution < 1.29 is 24.5 Å². The molecule has 1 unspecified atom stereocenters. The van der Waals surface area contributed by atoms with Crippen molar-refractivity contribution in [3.8, 4) is 17.2 Å². The van der Waals surface area contributed by atoms with Gasteiger partial charge >= 0.3 is 5.97 Å². The molecule has 0 aliphatic carbocycles. The summed E-state index contributed by atoms with van der Waals surface area (Å²) < 4.78 is 10.1. The van der Waals surface area contributed by atoms with Crippen LogP contribution in [-0.2, 0) is 4.79 Å². The normalized spacial score (nSPS) is 11.9. The van der Waals surface area contributed by atoms with E-state index >= 15 is 0 Å². The van der Waals surface area contributed by atoms with Crippen molar-refractivity contribution in [2.45, 2.75) is 12.8 Å². The number of ether oxygens (including phenoxy) is 2. The topological polar surface area (TPSA) is 76.0 Å². The Hall–Kier alpha value is -1.91. The molecule has 16 heavy (non-hydrogen) atoms. The first kappa shape index (κ1) is 12.2. The van der Waals surface area contributed by atoms with Gasteiger partial charge in [-0.3, -0.25) is 4.79 Å². The number of carbonyl (C=O) groups is 1. The standard InChI is InChI=1S/C11H14O5/c1-6(11(13)14)8-4-7(12)5-9(15-2)10(8)16-3/h4-6,12H,1-3H3,(H,13,14). The van der Waals surface area contributed by atoms with Gasteiger partial charge in [0.25, 0.3) is 0 Å². The first-order chi connectivity index (χ1) is 7.51. The van der Waals surface area contributed by atoms with Crippen LogP contribution in [0.2, 0.25) is 0 Å². The van der Waals surface area contributed by atoms with Crippen molar-refractivity contribution in [3.05, 3.63) is 17.7 Å². The quantitative estimate of drug-likeness (QED) is 0.815. The smallest absolute Gasteiger partial charge is 0.310 e. The Balaban J connectivity index is 3.35. The van der Waals surface area contributed by atoms with Gasteiger partial charge in [0.2, 0.25) is 0 Å². The summed E-state index contributed by atoms with van der Waals surface area (Å²) in [7, 11) is 2.85. The van der Waals surface area contributed by atoms with E-state index in [4.69, 9.17) is 14.6 Å². The van der Waals surface area contributed by atoms with Crippen LogP contribution in [0.1, 0.15) is 18.4 Å². The zero-order chi connectivity index (χ0) is 12.3. The molecule has 0 aliphatic heterocycles. The number of phenols is 1. The number of methoxy groups -OCH3 is 2. The molecule has 0 fully saturated rings. The molecule has 5 heteroatoms. The van der Waals surface area contributed by atoms with Crippen LogP contribution in [0.5, 0.6) is 17.2 Å². The molecule has 1 aromatic rings. The van der Waals surface area contributed by atoms with Gasteiger partial charge in [-0.05, 0) is 13.0 Å². The van der Waals surface area contributed by atoms with Crippen LogP contribution in [0.3, 0.4) is 0 Å². The second-order valence-corrected chi connectivity index (χ2v) is 3.33. The van der Waals surface area contributed by atoms with E-state index in [1.54, 1.807) is 0 Å². The van der Waals surface area contributed by atoms with Crippen molar-refractivity contribution >= 4 is 5.97 Å². The Labute approximate surface area is 93.2 Å². The predicted molar refractivity (Wildman–Crippen MR) is 57.3 cm³/mol. The van der Waals surface area contributed by atoms with Gasteiger partial charge in [-0.25, -0.2) is 0 Å². The highest BCUT2D eigenvalue weighted by atomic mass is 16.5. The van der Waals surface area contributed by atoms with Gasteiger partial charge in [-0.2, -0.15) is 0 Å². The number of hydrogen-bond donors (Lipinski definition) is 2. The van der Waals surface area contributed by atoms with Gasteiger partial charge in [0.15, 0.2) is 11.5 Å². The summed E-state index contributed by atoms with van der Waals surface area (Å²) in [6.45, 7) is 1.51. The van der Waals surface area contributed by atoms with E-state index in [1.165, 1.54) is 33.3 Å². The van der Waals surface area contributed by atoms with Crippen LogP contribution < -0.4 is 9.47 Å². The van der Waals surface area contributed by atoms with Gasteiger partial charge in [-0.15, -0.1) is 0 Å². The average molecular weight is 226 g/mol. The number of aromatic hydroxyl groups is 1. The van der Waals surface area contributed by atoms with Gasteiger partial charge in [0, 0.05) is 11.6 Å². The predicted octanol–water partition coefficient (Wildman–Crippen LogP) is 1.60. The Morgan fingerprint density at radius 1 is 1.31 bits per heavy atom. The Kier molecular flexibility index (Phi) is 3.60. The molecular formula is C11H14O5. The van der Waals surface area contributed by atoms with Crippen molar-refractivity contribution in [2.24, 2.45) is 0 Å². The van der Waals surface area contributed by atoms with E-state index < -0.39 is 11.9 Å². The molecule has 0 radical (unpaired) electrons. The van der Waals surface area contributed by atoms with Crippen molar-refractivity contribution in [1.82, 2.24) is 0 Å². The molecule has 0 saturated heterocycles. The molecule has 88 valence electrons. The summed E-state index contributed by atoms with van der Waals surface area (Å²) in [6, 6.07) is 2.73. The van der Waals surface area contributed by atoms with E-state index in [0.29, 0.717) is 17.1 Å². The molecular weight excluding hydrogens is 212 g/mol. The second kappa shape index (κ2) is 4.74. The number of rotatable bonds is 4. The van der Waals surface area contributed by atoms with E-state index in [2.05, 4.69) is 0 Å².